The number of rotatable bonds is 6. The first-order chi connectivity index (χ1) is 12.3. The molecule has 2 N–H and O–H groups in total. The van der Waals surface area contributed by atoms with Crippen LogP contribution < -0.4 is 15.4 Å². The lowest BCUT2D eigenvalue weighted by atomic mass is 10.3. The average Bonchev–Trinajstić information content (AvgIpc) is 2.64. The summed E-state index contributed by atoms with van der Waals surface area (Å²) >= 11 is 0. The lowest BCUT2D eigenvalue weighted by Gasteiger charge is -2.26. The number of urea groups is 1. The molecule has 1 aliphatic rings. The number of morpholine rings is 1. The van der Waals surface area contributed by atoms with E-state index in [1.54, 1.807) is 6.07 Å². The highest BCUT2D eigenvalue weighted by atomic mass is 16.5. The van der Waals surface area contributed by atoms with Crippen molar-refractivity contribution < 1.29 is 14.3 Å². The van der Waals surface area contributed by atoms with Gasteiger partial charge in [-0.3, -0.25) is 4.90 Å². The van der Waals surface area contributed by atoms with Crippen molar-refractivity contribution in [1.82, 2.24) is 10.2 Å². The van der Waals surface area contributed by atoms with E-state index in [1.165, 1.54) is 0 Å². The molecule has 1 saturated heterocycles. The lowest BCUT2D eigenvalue weighted by Crippen LogP contribution is -2.42. The van der Waals surface area contributed by atoms with Gasteiger partial charge in [0.1, 0.15) is 11.5 Å². The van der Waals surface area contributed by atoms with Gasteiger partial charge >= 0.3 is 6.03 Å². The molecule has 0 saturated carbocycles. The summed E-state index contributed by atoms with van der Waals surface area (Å²) in [5.41, 5.74) is 0.692. The second-order valence-electron chi connectivity index (χ2n) is 5.78. The van der Waals surface area contributed by atoms with E-state index in [1.807, 2.05) is 48.5 Å². The van der Waals surface area contributed by atoms with Crippen LogP contribution in [0.5, 0.6) is 11.5 Å². The minimum atomic E-state index is -0.217. The minimum absolute atomic E-state index is 0.217. The summed E-state index contributed by atoms with van der Waals surface area (Å²) in [5.74, 6) is 1.44. The van der Waals surface area contributed by atoms with Gasteiger partial charge in [-0.15, -0.1) is 0 Å². The standard InChI is InChI=1S/C19H23N3O3/c23-19(20-9-10-22-11-13-24-14-12-22)21-16-5-4-8-18(15-16)25-17-6-2-1-3-7-17/h1-8,15H,9-14H2,(H2,20,21,23). The number of nitrogens with one attached hydrogen (secondary N) is 2. The van der Waals surface area contributed by atoms with Gasteiger partial charge in [-0.05, 0) is 24.3 Å². The van der Waals surface area contributed by atoms with E-state index >= 15 is 0 Å². The highest BCUT2D eigenvalue weighted by molar-refractivity contribution is 5.89. The van der Waals surface area contributed by atoms with Gasteiger partial charge < -0.3 is 20.1 Å². The molecule has 0 radical (unpaired) electrons. The fraction of sp³-hybridized carbons (Fsp3) is 0.316. The van der Waals surface area contributed by atoms with E-state index in [4.69, 9.17) is 9.47 Å². The molecule has 1 fully saturated rings. The molecular weight excluding hydrogens is 318 g/mol. The van der Waals surface area contributed by atoms with E-state index < -0.39 is 0 Å². The van der Waals surface area contributed by atoms with E-state index in [0.717, 1.165) is 38.6 Å². The number of amides is 2. The van der Waals surface area contributed by atoms with Crippen molar-refractivity contribution in [3.05, 3.63) is 54.6 Å². The number of benzene rings is 2. The Morgan fingerprint density at radius 1 is 1.04 bits per heavy atom. The maximum atomic E-state index is 12.0. The third-order valence-corrected chi connectivity index (χ3v) is 3.89. The molecule has 0 aromatic heterocycles. The molecule has 0 unspecified atom stereocenters. The topological polar surface area (TPSA) is 62.8 Å². The number of hydrogen-bond acceptors (Lipinski definition) is 4. The number of nitrogens with zero attached hydrogens (tertiary/aromatic N) is 1. The van der Waals surface area contributed by atoms with Crippen molar-refractivity contribution in [3.63, 3.8) is 0 Å². The molecule has 25 heavy (non-hydrogen) atoms. The van der Waals surface area contributed by atoms with Crippen molar-refractivity contribution >= 4 is 11.7 Å². The monoisotopic (exact) mass is 341 g/mol. The van der Waals surface area contributed by atoms with E-state index in [9.17, 15) is 4.79 Å². The zero-order valence-corrected chi connectivity index (χ0v) is 14.1. The molecule has 0 atom stereocenters. The Kier molecular flexibility index (Phi) is 6.25. The third-order valence-electron chi connectivity index (χ3n) is 3.89. The summed E-state index contributed by atoms with van der Waals surface area (Å²) in [6.45, 7) is 4.80. The van der Waals surface area contributed by atoms with Crippen LogP contribution in [0.15, 0.2) is 54.6 Å². The van der Waals surface area contributed by atoms with Gasteiger partial charge in [0.05, 0.1) is 13.2 Å². The second-order valence-corrected chi connectivity index (χ2v) is 5.78. The molecule has 1 aliphatic heterocycles. The Bertz CT molecular complexity index is 673. The first-order valence-corrected chi connectivity index (χ1v) is 8.47. The molecule has 132 valence electrons. The van der Waals surface area contributed by atoms with Crippen molar-refractivity contribution in [3.8, 4) is 11.5 Å². The summed E-state index contributed by atoms with van der Waals surface area (Å²) in [6.07, 6.45) is 0. The Morgan fingerprint density at radius 3 is 2.60 bits per heavy atom. The average molecular weight is 341 g/mol. The number of hydrogen-bond donors (Lipinski definition) is 2. The molecule has 3 rings (SSSR count). The highest BCUT2D eigenvalue weighted by Crippen LogP contribution is 2.23. The van der Waals surface area contributed by atoms with Crippen molar-refractivity contribution in [1.29, 1.82) is 0 Å². The van der Waals surface area contributed by atoms with Gasteiger partial charge in [-0.2, -0.15) is 0 Å². The normalized spacial score (nSPS) is 14.7. The molecule has 0 aliphatic carbocycles. The van der Waals surface area contributed by atoms with Crippen molar-refractivity contribution in [2.75, 3.05) is 44.7 Å². The number of carbonyl (C=O) groups is 1. The van der Waals surface area contributed by atoms with Crippen LogP contribution in [-0.4, -0.2) is 50.3 Å². The Balaban J connectivity index is 1.45. The second kappa shape index (κ2) is 9.05. The number of carbonyl (C=O) groups excluding carboxylic acids is 1. The lowest BCUT2D eigenvalue weighted by molar-refractivity contribution is 0.0388. The van der Waals surface area contributed by atoms with E-state index in [0.29, 0.717) is 18.0 Å². The van der Waals surface area contributed by atoms with Crippen LogP contribution in [0.3, 0.4) is 0 Å². The van der Waals surface area contributed by atoms with Gasteiger partial charge in [0, 0.05) is 37.9 Å². The Labute approximate surface area is 147 Å². The SMILES string of the molecule is O=C(NCCN1CCOCC1)Nc1cccc(Oc2ccccc2)c1. The number of para-hydroxylation sites is 1. The van der Waals surface area contributed by atoms with E-state index in [2.05, 4.69) is 15.5 Å². The predicted molar refractivity (Wildman–Crippen MR) is 97.2 cm³/mol. The molecule has 6 heteroatoms. The first-order valence-electron chi connectivity index (χ1n) is 8.47. The molecule has 0 bridgehead atoms. The maximum absolute atomic E-state index is 12.0. The van der Waals surface area contributed by atoms with Crippen LogP contribution >= 0.6 is 0 Å². The van der Waals surface area contributed by atoms with Crippen molar-refractivity contribution in [2.45, 2.75) is 0 Å². The Hall–Kier alpha value is -2.57. The molecule has 1 heterocycles. The summed E-state index contributed by atoms with van der Waals surface area (Å²) in [5, 5.41) is 5.71. The van der Waals surface area contributed by atoms with Crippen molar-refractivity contribution in [2.24, 2.45) is 0 Å². The molecule has 2 aromatic rings. The quantitative estimate of drug-likeness (QED) is 0.848. The molecule has 2 aromatic carbocycles. The summed E-state index contributed by atoms with van der Waals surface area (Å²) < 4.78 is 11.1. The smallest absolute Gasteiger partial charge is 0.319 e. The number of ether oxygens (including phenoxy) is 2. The van der Waals surface area contributed by atoms with Crippen LogP contribution in [0, 0.1) is 0 Å². The number of anilines is 1. The van der Waals surface area contributed by atoms with Crippen LogP contribution in [-0.2, 0) is 4.74 Å². The van der Waals surface area contributed by atoms with Crippen LogP contribution in [0.2, 0.25) is 0 Å². The fourth-order valence-corrected chi connectivity index (χ4v) is 2.59. The maximum Gasteiger partial charge on any atom is 0.319 e. The van der Waals surface area contributed by atoms with Gasteiger partial charge in [0.15, 0.2) is 0 Å². The Morgan fingerprint density at radius 2 is 1.80 bits per heavy atom. The van der Waals surface area contributed by atoms with Gasteiger partial charge in [0.2, 0.25) is 0 Å². The zero-order valence-electron chi connectivity index (χ0n) is 14.1. The summed E-state index contributed by atoms with van der Waals surface area (Å²) in [4.78, 5) is 14.3. The fourth-order valence-electron chi connectivity index (χ4n) is 2.59. The van der Waals surface area contributed by atoms with E-state index in [-0.39, 0.29) is 6.03 Å². The highest BCUT2D eigenvalue weighted by Gasteiger charge is 2.10. The molecule has 2 amide bonds. The first kappa shape index (κ1) is 17.3. The third kappa shape index (κ3) is 5.77. The molecule has 0 spiro atoms. The van der Waals surface area contributed by atoms with Crippen LogP contribution in [0.25, 0.3) is 0 Å². The molecular formula is C19H23N3O3. The van der Waals surface area contributed by atoms with Crippen LogP contribution in [0.4, 0.5) is 10.5 Å². The molecule has 6 nitrogen and oxygen atoms in total. The summed E-state index contributed by atoms with van der Waals surface area (Å²) in [6, 6.07) is 16.7. The zero-order chi connectivity index (χ0) is 17.3. The minimum Gasteiger partial charge on any atom is -0.457 e. The van der Waals surface area contributed by atoms with Gasteiger partial charge in [-0.25, -0.2) is 4.79 Å². The predicted octanol–water partition coefficient (Wildman–Crippen LogP) is 2.93. The van der Waals surface area contributed by atoms with Gasteiger partial charge in [0.25, 0.3) is 0 Å². The van der Waals surface area contributed by atoms with Gasteiger partial charge in [-0.1, -0.05) is 24.3 Å². The van der Waals surface area contributed by atoms with Crippen LogP contribution in [0.1, 0.15) is 0 Å². The largest absolute Gasteiger partial charge is 0.457 e. The summed E-state index contributed by atoms with van der Waals surface area (Å²) in [7, 11) is 0.